The Labute approximate surface area is 167 Å². The lowest BCUT2D eigenvalue weighted by Gasteiger charge is -2.34. The number of carbonyl (C=O) groups is 1. The summed E-state index contributed by atoms with van der Waals surface area (Å²) in [5, 5.41) is 8.55. The van der Waals surface area contributed by atoms with Gasteiger partial charge in [-0.3, -0.25) is 5.41 Å². The van der Waals surface area contributed by atoms with Gasteiger partial charge in [0.25, 0.3) is 0 Å². The lowest BCUT2D eigenvalue weighted by Crippen LogP contribution is -2.49. The van der Waals surface area contributed by atoms with Gasteiger partial charge < -0.3 is 20.3 Å². The molecule has 7 nitrogen and oxygen atoms in total. The number of rotatable bonds is 2. The number of aliphatic imine (C=N–C) groups is 1. The number of hydrogen-bond acceptors (Lipinski definition) is 5. The van der Waals surface area contributed by atoms with E-state index in [1.807, 2.05) is 4.90 Å². The molecule has 146 valence electrons. The monoisotopic (exact) mass is 403 g/mol. The number of hydrogen-bond donors (Lipinski definition) is 2. The van der Waals surface area contributed by atoms with Gasteiger partial charge in [0.2, 0.25) is 5.90 Å². The van der Waals surface area contributed by atoms with Gasteiger partial charge in [-0.25, -0.2) is 14.2 Å². The minimum atomic E-state index is -0.535. The number of fused-ring (bicyclic) bond motifs is 1. The lowest BCUT2D eigenvalue weighted by molar-refractivity contribution is -0.130. The maximum absolute atomic E-state index is 14.0. The van der Waals surface area contributed by atoms with Gasteiger partial charge in [0, 0.05) is 43.3 Å². The average Bonchev–Trinajstić information content (AvgIpc) is 3.03. The Morgan fingerprint density at radius 2 is 1.82 bits per heavy atom. The molecule has 0 aliphatic carbocycles. The molecule has 0 amide bonds. The second kappa shape index (κ2) is 7.85. The fourth-order valence-corrected chi connectivity index (χ4v) is 3.23. The van der Waals surface area contributed by atoms with Crippen LogP contribution in [-0.4, -0.2) is 53.8 Å². The van der Waals surface area contributed by atoms with Crippen molar-refractivity contribution < 1.29 is 13.9 Å². The molecule has 0 radical (unpaired) electrons. The number of carbonyl (C=O) groups excluding carboxylic acids is 1. The zero-order valence-electron chi connectivity index (χ0n) is 14.9. The van der Waals surface area contributed by atoms with Gasteiger partial charge in [-0.05, 0) is 17.5 Å². The van der Waals surface area contributed by atoms with E-state index in [0.717, 1.165) is 0 Å². The highest BCUT2D eigenvalue weighted by molar-refractivity contribution is 6.16. The quantitative estimate of drug-likeness (QED) is 0.346. The summed E-state index contributed by atoms with van der Waals surface area (Å²) in [4.78, 5) is 20.3. The molecule has 0 bridgehead atoms. The highest BCUT2D eigenvalue weighted by Gasteiger charge is 2.27. The summed E-state index contributed by atoms with van der Waals surface area (Å²) in [7, 11) is 0. The summed E-state index contributed by atoms with van der Waals surface area (Å²) in [6, 6.07) is 9.91. The van der Waals surface area contributed by atoms with E-state index in [0.29, 0.717) is 42.5 Å². The Hall–Kier alpha value is -3.13. The number of nitrogens with one attached hydrogen (secondary N) is 1. The summed E-state index contributed by atoms with van der Waals surface area (Å²) in [5.41, 5.74) is 6.27. The highest BCUT2D eigenvalue weighted by Crippen LogP contribution is 2.26. The second-order valence-corrected chi connectivity index (χ2v) is 6.37. The van der Waals surface area contributed by atoms with Crippen LogP contribution >= 0.6 is 12.4 Å². The van der Waals surface area contributed by atoms with Gasteiger partial charge in [0.05, 0.1) is 0 Å². The standard InChI is InChI=1S/C19H18FN5O2.ClH/c20-15-6-5-14(12-3-1-2-4-13(12)15)17-23-16(18(26)27-17)11-24-7-9-25(10-8-24)19(21)22;/h1-6,11H,7-10H2,(H3,21,22);1H. The molecule has 4 rings (SSSR count). The third kappa shape index (κ3) is 3.63. The Morgan fingerprint density at radius 3 is 2.50 bits per heavy atom. The van der Waals surface area contributed by atoms with Gasteiger partial charge in [-0.1, -0.05) is 24.3 Å². The summed E-state index contributed by atoms with van der Waals surface area (Å²) < 4.78 is 19.3. The second-order valence-electron chi connectivity index (χ2n) is 6.37. The molecule has 28 heavy (non-hydrogen) atoms. The van der Waals surface area contributed by atoms with Gasteiger partial charge in [0.1, 0.15) is 5.82 Å². The maximum Gasteiger partial charge on any atom is 0.365 e. The Bertz CT molecular complexity index is 999. The lowest BCUT2D eigenvalue weighted by atomic mass is 10.0. The van der Waals surface area contributed by atoms with Gasteiger partial charge in [-0.2, -0.15) is 0 Å². The van der Waals surface area contributed by atoms with E-state index in [4.69, 9.17) is 15.9 Å². The maximum atomic E-state index is 14.0. The van der Waals surface area contributed by atoms with Gasteiger partial charge >= 0.3 is 5.97 Å². The van der Waals surface area contributed by atoms with Crippen molar-refractivity contribution in [2.45, 2.75) is 0 Å². The number of guanidine groups is 1. The van der Waals surface area contributed by atoms with Crippen LogP contribution in [0.2, 0.25) is 0 Å². The van der Waals surface area contributed by atoms with Crippen LogP contribution in [0.4, 0.5) is 4.39 Å². The van der Waals surface area contributed by atoms with Gasteiger partial charge in [-0.15, -0.1) is 12.4 Å². The van der Waals surface area contributed by atoms with E-state index < -0.39 is 5.97 Å². The number of ether oxygens (including phenoxy) is 1. The predicted octanol–water partition coefficient (Wildman–Crippen LogP) is 2.06. The SMILES string of the molecule is Cl.N=C(N)N1CCN(C=C2N=C(c3ccc(F)c4ccccc34)OC2=O)CC1. The smallest absolute Gasteiger partial charge is 0.365 e. The number of cyclic esters (lactones) is 1. The minimum Gasteiger partial charge on any atom is -0.402 e. The van der Waals surface area contributed by atoms with Crippen molar-refractivity contribution in [3.63, 3.8) is 0 Å². The molecule has 2 heterocycles. The first-order chi connectivity index (χ1) is 13.0. The van der Waals surface area contributed by atoms with E-state index in [-0.39, 0.29) is 35.8 Å². The number of piperazine rings is 1. The van der Waals surface area contributed by atoms with Crippen molar-refractivity contribution >= 4 is 41.0 Å². The van der Waals surface area contributed by atoms with Crippen LogP contribution in [0.3, 0.4) is 0 Å². The van der Waals surface area contributed by atoms with Crippen molar-refractivity contribution in [2.75, 3.05) is 26.2 Å². The highest BCUT2D eigenvalue weighted by atomic mass is 35.5. The van der Waals surface area contributed by atoms with E-state index in [1.165, 1.54) is 6.07 Å². The fraction of sp³-hybridized carbons (Fsp3) is 0.211. The van der Waals surface area contributed by atoms with Crippen LogP contribution in [0, 0.1) is 11.2 Å². The average molecular weight is 404 g/mol. The van der Waals surface area contributed by atoms with E-state index in [1.54, 1.807) is 41.4 Å². The Morgan fingerprint density at radius 1 is 1.14 bits per heavy atom. The molecule has 2 aliphatic heterocycles. The number of nitrogens with zero attached hydrogens (tertiary/aromatic N) is 3. The summed E-state index contributed by atoms with van der Waals surface area (Å²) >= 11 is 0. The zero-order chi connectivity index (χ0) is 19.0. The van der Waals surface area contributed by atoms with Crippen molar-refractivity contribution in [3.8, 4) is 0 Å². The van der Waals surface area contributed by atoms with E-state index in [2.05, 4.69) is 4.99 Å². The van der Waals surface area contributed by atoms with Crippen LogP contribution in [-0.2, 0) is 9.53 Å². The molecule has 2 aromatic rings. The molecule has 2 aliphatic rings. The molecule has 1 saturated heterocycles. The first-order valence-electron chi connectivity index (χ1n) is 8.56. The number of nitrogens with two attached hydrogens (primary N) is 1. The number of benzene rings is 2. The van der Waals surface area contributed by atoms with Crippen molar-refractivity contribution in [2.24, 2.45) is 10.7 Å². The zero-order valence-corrected chi connectivity index (χ0v) is 15.7. The number of halogens is 2. The third-order valence-corrected chi connectivity index (χ3v) is 4.68. The molecule has 0 saturated carbocycles. The van der Waals surface area contributed by atoms with E-state index >= 15 is 0 Å². The third-order valence-electron chi connectivity index (χ3n) is 4.68. The van der Waals surface area contributed by atoms with E-state index in [9.17, 15) is 9.18 Å². The predicted molar refractivity (Wildman–Crippen MR) is 107 cm³/mol. The van der Waals surface area contributed by atoms with Crippen LogP contribution in [0.1, 0.15) is 5.56 Å². The molecular weight excluding hydrogens is 385 g/mol. The normalized spacial score (nSPS) is 18.1. The van der Waals surface area contributed by atoms with Crippen LogP contribution in [0.25, 0.3) is 10.8 Å². The summed E-state index contributed by atoms with van der Waals surface area (Å²) in [6.07, 6.45) is 1.67. The first kappa shape index (κ1) is 19.6. The largest absolute Gasteiger partial charge is 0.402 e. The molecule has 2 aromatic carbocycles. The fourth-order valence-electron chi connectivity index (χ4n) is 3.23. The topological polar surface area (TPSA) is 95.0 Å². The number of esters is 1. The van der Waals surface area contributed by atoms with Gasteiger partial charge in [0.15, 0.2) is 11.7 Å². The summed E-state index contributed by atoms with van der Waals surface area (Å²) in [6.45, 7) is 2.46. The molecule has 0 aromatic heterocycles. The van der Waals surface area contributed by atoms with Crippen molar-refractivity contribution in [1.29, 1.82) is 5.41 Å². The molecule has 0 atom stereocenters. The van der Waals surface area contributed by atoms with Crippen molar-refractivity contribution in [3.05, 3.63) is 59.7 Å². The van der Waals surface area contributed by atoms with Crippen LogP contribution < -0.4 is 5.73 Å². The molecule has 9 heteroatoms. The molecular formula is C19H19ClFN5O2. The molecule has 1 fully saturated rings. The first-order valence-corrected chi connectivity index (χ1v) is 8.56. The molecule has 3 N–H and O–H groups in total. The molecule has 0 spiro atoms. The minimum absolute atomic E-state index is 0. The van der Waals surface area contributed by atoms with Crippen LogP contribution in [0.15, 0.2) is 53.3 Å². The molecule has 0 unspecified atom stereocenters. The van der Waals surface area contributed by atoms with Crippen molar-refractivity contribution in [1.82, 2.24) is 9.80 Å². The Balaban J connectivity index is 0.00000225. The Kier molecular flexibility index (Phi) is 5.51. The summed E-state index contributed by atoms with van der Waals surface area (Å²) in [5.74, 6) is -0.651. The van der Waals surface area contributed by atoms with Crippen LogP contribution in [0.5, 0.6) is 0 Å².